The van der Waals surface area contributed by atoms with Crippen LogP contribution in [0.5, 0.6) is 5.75 Å². The van der Waals surface area contributed by atoms with Gasteiger partial charge in [-0.05, 0) is 40.5 Å². The Morgan fingerprint density at radius 3 is 2.74 bits per heavy atom. The molecule has 0 aliphatic heterocycles. The van der Waals surface area contributed by atoms with Crippen molar-refractivity contribution in [3.8, 4) is 5.75 Å². The molecule has 0 radical (unpaired) electrons. The number of aromatic hydroxyl groups is 1. The number of phenols is 1. The van der Waals surface area contributed by atoms with Crippen LogP contribution in [0.3, 0.4) is 0 Å². The second kappa shape index (κ2) is 5.18. The van der Waals surface area contributed by atoms with Crippen LogP contribution in [0.1, 0.15) is 5.56 Å². The Bertz CT molecular complexity index is 717. The van der Waals surface area contributed by atoms with E-state index in [1.807, 2.05) is 0 Å². The van der Waals surface area contributed by atoms with Crippen LogP contribution in [-0.2, 0) is 10.0 Å². The second-order valence-electron chi connectivity index (χ2n) is 3.92. The van der Waals surface area contributed by atoms with Crippen LogP contribution >= 0.6 is 15.9 Å². The number of sulfonamides is 1. The molecular weight excluding hydrogens is 332 g/mol. The number of hydrogen-bond donors (Lipinski definition) is 2. The lowest BCUT2D eigenvalue weighted by Crippen LogP contribution is -2.13. The van der Waals surface area contributed by atoms with Crippen molar-refractivity contribution in [2.45, 2.75) is 11.8 Å². The number of para-hydroxylation sites is 1. The van der Waals surface area contributed by atoms with Gasteiger partial charge in [-0.2, -0.15) is 0 Å². The number of rotatable bonds is 3. The van der Waals surface area contributed by atoms with E-state index in [9.17, 15) is 13.5 Å². The summed E-state index contributed by atoms with van der Waals surface area (Å²) in [6.07, 6.45) is 2.73. The van der Waals surface area contributed by atoms with Gasteiger partial charge in [-0.25, -0.2) is 8.42 Å². The second-order valence-corrected chi connectivity index (χ2v) is 6.51. The van der Waals surface area contributed by atoms with Gasteiger partial charge in [0.2, 0.25) is 0 Å². The maximum atomic E-state index is 12.1. The lowest BCUT2D eigenvalue weighted by atomic mass is 10.2. The first kappa shape index (κ1) is 13.8. The van der Waals surface area contributed by atoms with Crippen molar-refractivity contribution in [2.75, 3.05) is 4.72 Å². The minimum atomic E-state index is -3.78. The standard InChI is InChI=1S/C12H11BrN2O3S/c1-8-3-2-4-11(12(8)16)15-19(17,18)10-5-9(13)6-14-7-10/h2-7,15-16H,1H3. The summed E-state index contributed by atoms with van der Waals surface area (Å²) in [7, 11) is -3.78. The largest absolute Gasteiger partial charge is 0.505 e. The molecule has 1 aromatic carbocycles. The average Bonchev–Trinajstić information content (AvgIpc) is 2.35. The fraction of sp³-hybridized carbons (Fsp3) is 0.0833. The minimum absolute atomic E-state index is 0.0165. The number of aromatic nitrogens is 1. The van der Waals surface area contributed by atoms with Crippen LogP contribution in [-0.4, -0.2) is 18.5 Å². The molecule has 0 spiro atoms. The number of benzene rings is 1. The maximum Gasteiger partial charge on any atom is 0.263 e. The van der Waals surface area contributed by atoms with E-state index in [-0.39, 0.29) is 16.3 Å². The average molecular weight is 343 g/mol. The third kappa shape index (κ3) is 3.05. The summed E-state index contributed by atoms with van der Waals surface area (Å²) in [6.45, 7) is 1.69. The minimum Gasteiger partial charge on any atom is -0.505 e. The third-order valence-electron chi connectivity index (χ3n) is 2.47. The predicted molar refractivity (Wildman–Crippen MR) is 75.6 cm³/mol. The van der Waals surface area contributed by atoms with E-state index >= 15 is 0 Å². The van der Waals surface area contributed by atoms with E-state index < -0.39 is 10.0 Å². The monoisotopic (exact) mass is 342 g/mol. The Balaban J connectivity index is 2.39. The number of nitrogens with zero attached hydrogens (tertiary/aromatic N) is 1. The molecule has 1 heterocycles. The number of anilines is 1. The van der Waals surface area contributed by atoms with Crippen LogP contribution in [0.4, 0.5) is 5.69 Å². The highest BCUT2D eigenvalue weighted by Crippen LogP contribution is 2.28. The van der Waals surface area contributed by atoms with Crippen molar-refractivity contribution in [1.29, 1.82) is 0 Å². The fourth-order valence-electron chi connectivity index (χ4n) is 1.48. The summed E-state index contributed by atoms with van der Waals surface area (Å²) in [5.74, 6) is -0.0889. The van der Waals surface area contributed by atoms with Gasteiger partial charge >= 0.3 is 0 Å². The highest BCUT2D eigenvalue weighted by molar-refractivity contribution is 9.10. The number of aryl methyl sites for hydroxylation is 1. The van der Waals surface area contributed by atoms with E-state index in [4.69, 9.17) is 0 Å². The molecule has 2 aromatic rings. The van der Waals surface area contributed by atoms with Gasteiger partial charge in [-0.1, -0.05) is 12.1 Å². The van der Waals surface area contributed by atoms with Crippen LogP contribution in [0, 0.1) is 6.92 Å². The molecule has 100 valence electrons. The molecule has 0 saturated carbocycles. The number of hydrogen-bond acceptors (Lipinski definition) is 4. The molecule has 5 nitrogen and oxygen atoms in total. The normalized spacial score (nSPS) is 11.3. The van der Waals surface area contributed by atoms with E-state index in [0.29, 0.717) is 10.0 Å². The molecule has 0 atom stereocenters. The van der Waals surface area contributed by atoms with E-state index in [1.54, 1.807) is 19.1 Å². The quantitative estimate of drug-likeness (QED) is 0.840. The van der Waals surface area contributed by atoms with Crippen molar-refractivity contribution in [1.82, 2.24) is 4.98 Å². The summed E-state index contributed by atoms with van der Waals surface area (Å²) in [4.78, 5) is 3.82. The lowest BCUT2D eigenvalue weighted by molar-refractivity contribution is 0.473. The van der Waals surface area contributed by atoms with E-state index in [1.165, 1.54) is 24.5 Å². The summed E-state index contributed by atoms with van der Waals surface area (Å²) >= 11 is 3.16. The van der Waals surface area contributed by atoms with E-state index in [2.05, 4.69) is 25.6 Å². The summed E-state index contributed by atoms with van der Waals surface area (Å²) in [5.41, 5.74) is 0.729. The van der Waals surface area contributed by atoms with E-state index in [0.717, 1.165) is 0 Å². The van der Waals surface area contributed by atoms with Crippen molar-refractivity contribution in [3.63, 3.8) is 0 Å². The maximum absolute atomic E-state index is 12.1. The number of pyridine rings is 1. The third-order valence-corrected chi connectivity index (χ3v) is 4.24. The molecule has 0 fully saturated rings. The van der Waals surface area contributed by atoms with Gasteiger partial charge < -0.3 is 5.11 Å². The Kier molecular flexibility index (Phi) is 3.77. The van der Waals surface area contributed by atoms with Gasteiger partial charge in [-0.3, -0.25) is 9.71 Å². The van der Waals surface area contributed by atoms with Gasteiger partial charge in [0.05, 0.1) is 5.69 Å². The van der Waals surface area contributed by atoms with Gasteiger partial charge in [0.15, 0.2) is 0 Å². The summed E-state index contributed by atoms with van der Waals surface area (Å²) in [5, 5.41) is 9.81. The molecule has 0 aliphatic carbocycles. The number of phenolic OH excluding ortho intramolecular Hbond substituents is 1. The van der Waals surface area contributed by atoms with Crippen LogP contribution in [0.15, 0.2) is 46.0 Å². The van der Waals surface area contributed by atoms with Gasteiger partial charge in [-0.15, -0.1) is 0 Å². The fourth-order valence-corrected chi connectivity index (χ4v) is 3.05. The molecule has 0 saturated heterocycles. The highest BCUT2D eigenvalue weighted by Gasteiger charge is 2.17. The highest BCUT2D eigenvalue weighted by atomic mass is 79.9. The van der Waals surface area contributed by atoms with Crippen LogP contribution < -0.4 is 4.72 Å². The predicted octanol–water partition coefficient (Wildman–Crippen LogP) is 2.66. The van der Waals surface area contributed by atoms with Gasteiger partial charge in [0.1, 0.15) is 10.6 Å². The Morgan fingerprint density at radius 2 is 2.05 bits per heavy atom. The first-order valence-electron chi connectivity index (χ1n) is 5.32. The first-order chi connectivity index (χ1) is 8.90. The van der Waals surface area contributed by atoms with Crippen LogP contribution in [0.25, 0.3) is 0 Å². The van der Waals surface area contributed by atoms with Crippen LogP contribution in [0.2, 0.25) is 0 Å². The molecule has 2 N–H and O–H groups in total. The smallest absolute Gasteiger partial charge is 0.263 e. The number of nitrogens with one attached hydrogen (secondary N) is 1. The number of halogens is 1. The molecule has 1 aromatic heterocycles. The molecule has 7 heteroatoms. The van der Waals surface area contributed by atoms with Gasteiger partial charge in [0.25, 0.3) is 10.0 Å². The molecule has 0 aliphatic rings. The molecule has 2 rings (SSSR count). The molecule has 19 heavy (non-hydrogen) atoms. The topological polar surface area (TPSA) is 79.3 Å². The Morgan fingerprint density at radius 1 is 1.32 bits per heavy atom. The first-order valence-corrected chi connectivity index (χ1v) is 7.60. The lowest BCUT2D eigenvalue weighted by Gasteiger charge is -2.10. The zero-order valence-electron chi connectivity index (χ0n) is 9.96. The summed E-state index contributed by atoms with van der Waals surface area (Å²) < 4.78 is 27.2. The Hall–Kier alpha value is -1.60. The molecule has 0 unspecified atom stereocenters. The van der Waals surface area contributed by atoms with Crippen molar-refractivity contribution in [2.24, 2.45) is 0 Å². The molecule has 0 amide bonds. The van der Waals surface area contributed by atoms with Crippen molar-refractivity contribution >= 4 is 31.6 Å². The zero-order valence-corrected chi connectivity index (χ0v) is 12.4. The summed E-state index contributed by atoms with van der Waals surface area (Å²) in [6, 6.07) is 6.27. The zero-order chi connectivity index (χ0) is 14.0. The Labute approximate surface area is 119 Å². The molecular formula is C12H11BrN2O3S. The van der Waals surface area contributed by atoms with Crippen molar-refractivity contribution < 1.29 is 13.5 Å². The molecule has 0 bridgehead atoms. The van der Waals surface area contributed by atoms with Gasteiger partial charge in [0, 0.05) is 16.9 Å². The van der Waals surface area contributed by atoms with Crippen molar-refractivity contribution in [3.05, 3.63) is 46.7 Å². The SMILES string of the molecule is Cc1cccc(NS(=O)(=O)c2cncc(Br)c2)c1O.